The number of hydrogen-bond acceptors (Lipinski definition) is 4. The van der Waals surface area contributed by atoms with Crippen molar-refractivity contribution in [2.75, 3.05) is 13.3 Å². The number of nitrogens with one attached hydrogen (secondary N) is 1. The van der Waals surface area contributed by atoms with Gasteiger partial charge in [-0.3, -0.25) is 4.79 Å². The predicted molar refractivity (Wildman–Crippen MR) is 75.2 cm³/mol. The van der Waals surface area contributed by atoms with Crippen LogP contribution in [-0.4, -0.2) is 30.6 Å². The zero-order valence-corrected chi connectivity index (χ0v) is 11.6. The summed E-state index contributed by atoms with van der Waals surface area (Å²) in [5.74, 6) is 0.898. The number of hydrogen-bond donors (Lipinski definition) is 1. The van der Waals surface area contributed by atoms with Crippen LogP contribution in [0.25, 0.3) is 0 Å². The van der Waals surface area contributed by atoms with E-state index in [4.69, 9.17) is 4.74 Å². The molecule has 1 fully saturated rings. The molecule has 98 valence electrons. The molecule has 4 heteroatoms. The Morgan fingerprint density at radius 3 is 2.61 bits per heavy atom. The molecule has 1 aromatic rings. The molecule has 1 aromatic carbocycles. The summed E-state index contributed by atoms with van der Waals surface area (Å²) in [6, 6.07) is 8.45. The number of carbonyl (C=O) groups excluding carboxylic acids is 1. The van der Waals surface area contributed by atoms with E-state index in [0.717, 1.165) is 24.2 Å². The molecule has 3 nitrogen and oxygen atoms in total. The Labute approximate surface area is 112 Å². The first kappa shape index (κ1) is 13.4. The van der Waals surface area contributed by atoms with Gasteiger partial charge in [-0.2, -0.15) is 0 Å². The van der Waals surface area contributed by atoms with Gasteiger partial charge in [0.2, 0.25) is 0 Å². The fraction of sp³-hybridized carbons (Fsp3) is 0.500. The molecule has 1 N–H and O–H groups in total. The number of ether oxygens (including phenoxy) is 1. The molecule has 0 spiro atoms. The SMILES string of the molecule is CNC1CC(Oc2ccc(CC(=O)SC)cc2)C1. The smallest absolute Gasteiger partial charge is 0.193 e. The van der Waals surface area contributed by atoms with E-state index in [-0.39, 0.29) is 5.12 Å². The Kier molecular flexibility index (Phi) is 4.66. The zero-order chi connectivity index (χ0) is 13.0. The molecule has 1 saturated carbocycles. The van der Waals surface area contributed by atoms with Crippen molar-refractivity contribution in [1.29, 1.82) is 0 Å². The molecule has 0 aromatic heterocycles. The number of thioether (sulfide) groups is 1. The molecular weight excluding hydrogens is 246 g/mol. The molecule has 2 rings (SSSR count). The van der Waals surface area contributed by atoms with Crippen molar-refractivity contribution in [3.8, 4) is 5.75 Å². The summed E-state index contributed by atoms with van der Waals surface area (Å²) in [6.07, 6.45) is 4.79. The number of carbonyl (C=O) groups is 1. The molecule has 0 heterocycles. The van der Waals surface area contributed by atoms with Gasteiger partial charge in [0.05, 0.1) is 0 Å². The number of rotatable bonds is 5. The van der Waals surface area contributed by atoms with Crippen molar-refractivity contribution in [2.24, 2.45) is 0 Å². The highest BCUT2D eigenvalue weighted by Crippen LogP contribution is 2.26. The fourth-order valence-corrected chi connectivity index (χ4v) is 2.33. The van der Waals surface area contributed by atoms with E-state index in [1.165, 1.54) is 11.8 Å². The Bertz CT molecular complexity index is 399. The van der Waals surface area contributed by atoms with E-state index in [1.807, 2.05) is 37.6 Å². The van der Waals surface area contributed by atoms with Crippen molar-refractivity contribution in [1.82, 2.24) is 5.32 Å². The molecule has 1 aliphatic carbocycles. The van der Waals surface area contributed by atoms with Gasteiger partial charge < -0.3 is 10.1 Å². The monoisotopic (exact) mass is 265 g/mol. The van der Waals surface area contributed by atoms with E-state index >= 15 is 0 Å². The lowest BCUT2D eigenvalue weighted by Gasteiger charge is -2.35. The molecule has 0 aliphatic heterocycles. The van der Waals surface area contributed by atoms with Crippen LogP contribution >= 0.6 is 11.8 Å². The highest BCUT2D eigenvalue weighted by Gasteiger charge is 2.29. The first-order chi connectivity index (χ1) is 8.71. The van der Waals surface area contributed by atoms with E-state index in [1.54, 1.807) is 0 Å². The standard InChI is InChI=1S/C14H19NO2S/c1-15-11-8-13(9-11)17-12-5-3-10(4-6-12)7-14(16)18-2/h3-6,11,13,15H,7-9H2,1-2H3. The highest BCUT2D eigenvalue weighted by molar-refractivity contribution is 8.13. The molecule has 1 aliphatic rings. The maximum atomic E-state index is 11.3. The second kappa shape index (κ2) is 6.25. The molecule has 0 unspecified atom stereocenters. The van der Waals surface area contributed by atoms with Crippen LogP contribution in [0, 0.1) is 0 Å². The summed E-state index contributed by atoms with van der Waals surface area (Å²) in [7, 11) is 1.98. The van der Waals surface area contributed by atoms with Crippen LogP contribution in [0.1, 0.15) is 18.4 Å². The lowest BCUT2D eigenvalue weighted by Crippen LogP contribution is -2.45. The highest BCUT2D eigenvalue weighted by atomic mass is 32.2. The van der Waals surface area contributed by atoms with Gasteiger partial charge in [0.1, 0.15) is 11.9 Å². The quantitative estimate of drug-likeness (QED) is 0.886. The Morgan fingerprint density at radius 1 is 1.39 bits per heavy atom. The minimum Gasteiger partial charge on any atom is -0.490 e. The fourth-order valence-electron chi connectivity index (χ4n) is 2.01. The minimum atomic E-state index is 0.194. The average Bonchev–Trinajstić information content (AvgIpc) is 2.35. The molecule has 18 heavy (non-hydrogen) atoms. The largest absolute Gasteiger partial charge is 0.490 e. The van der Waals surface area contributed by atoms with Gasteiger partial charge in [0.15, 0.2) is 5.12 Å². The van der Waals surface area contributed by atoms with Gasteiger partial charge in [0, 0.05) is 12.5 Å². The summed E-state index contributed by atoms with van der Waals surface area (Å²) in [5.41, 5.74) is 1.04. The van der Waals surface area contributed by atoms with E-state index in [0.29, 0.717) is 18.6 Å². The van der Waals surface area contributed by atoms with Crippen molar-refractivity contribution in [3.63, 3.8) is 0 Å². The van der Waals surface area contributed by atoms with Crippen LogP contribution in [0.2, 0.25) is 0 Å². The van der Waals surface area contributed by atoms with Gasteiger partial charge in [-0.25, -0.2) is 0 Å². The van der Waals surface area contributed by atoms with Gasteiger partial charge in [-0.15, -0.1) is 0 Å². The molecule has 0 radical (unpaired) electrons. The normalized spacial score (nSPS) is 22.3. The van der Waals surface area contributed by atoms with Crippen molar-refractivity contribution in [3.05, 3.63) is 29.8 Å². The molecular formula is C14H19NO2S. The van der Waals surface area contributed by atoms with E-state index < -0.39 is 0 Å². The summed E-state index contributed by atoms with van der Waals surface area (Å²) >= 11 is 1.27. The van der Waals surface area contributed by atoms with Crippen LogP contribution in [0.5, 0.6) is 5.75 Å². The first-order valence-electron chi connectivity index (χ1n) is 6.21. The van der Waals surface area contributed by atoms with Gasteiger partial charge in [-0.05, 0) is 43.8 Å². The Hall–Kier alpha value is -1.00. The van der Waals surface area contributed by atoms with Gasteiger partial charge >= 0.3 is 0 Å². The second-order valence-electron chi connectivity index (χ2n) is 4.59. The average molecular weight is 265 g/mol. The van der Waals surface area contributed by atoms with E-state index in [2.05, 4.69) is 5.32 Å². The minimum absolute atomic E-state index is 0.194. The van der Waals surface area contributed by atoms with E-state index in [9.17, 15) is 4.79 Å². The molecule has 0 amide bonds. The Balaban J connectivity index is 1.83. The maximum Gasteiger partial charge on any atom is 0.193 e. The summed E-state index contributed by atoms with van der Waals surface area (Å²) in [5, 5.41) is 3.43. The number of benzene rings is 1. The Morgan fingerprint density at radius 2 is 2.06 bits per heavy atom. The predicted octanol–water partition coefficient (Wildman–Crippen LogP) is 2.25. The third-order valence-corrected chi connectivity index (χ3v) is 3.90. The lowest BCUT2D eigenvalue weighted by molar-refractivity contribution is -0.110. The third kappa shape index (κ3) is 3.50. The molecule has 0 bridgehead atoms. The van der Waals surface area contributed by atoms with Crippen molar-refractivity contribution < 1.29 is 9.53 Å². The van der Waals surface area contributed by atoms with Crippen LogP contribution in [-0.2, 0) is 11.2 Å². The van der Waals surface area contributed by atoms with Crippen LogP contribution in [0.15, 0.2) is 24.3 Å². The van der Waals surface area contributed by atoms with Gasteiger partial charge in [0.25, 0.3) is 0 Å². The van der Waals surface area contributed by atoms with Crippen LogP contribution in [0.4, 0.5) is 0 Å². The summed E-state index contributed by atoms with van der Waals surface area (Å²) in [4.78, 5) is 11.3. The first-order valence-corrected chi connectivity index (χ1v) is 7.43. The topological polar surface area (TPSA) is 38.3 Å². The molecule has 0 atom stereocenters. The third-order valence-electron chi connectivity index (χ3n) is 3.31. The lowest BCUT2D eigenvalue weighted by atomic mass is 9.89. The van der Waals surface area contributed by atoms with Crippen LogP contribution < -0.4 is 10.1 Å². The summed E-state index contributed by atoms with van der Waals surface area (Å²) < 4.78 is 5.84. The van der Waals surface area contributed by atoms with Crippen LogP contribution in [0.3, 0.4) is 0 Å². The molecule has 0 saturated heterocycles. The van der Waals surface area contributed by atoms with Gasteiger partial charge in [-0.1, -0.05) is 23.9 Å². The van der Waals surface area contributed by atoms with Crippen molar-refractivity contribution >= 4 is 16.9 Å². The maximum absolute atomic E-state index is 11.3. The summed E-state index contributed by atoms with van der Waals surface area (Å²) in [6.45, 7) is 0. The second-order valence-corrected chi connectivity index (χ2v) is 5.46. The zero-order valence-electron chi connectivity index (χ0n) is 10.8. The van der Waals surface area contributed by atoms with Crippen molar-refractivity contribution in [2.45, 2.75) is 31.4 Å².